The van der Waals surface area contributed by atoms with E-state index in [-0.39, 0.29) is 5.91 Å². The van der Waals surface area contributed by atoms with E-state index < -0.39 is 0 Å². The number of hydrogen-bond donors (Lipinski definition) is 1. The van der Waals surface area contributed by atoms with Crippen molar-refractivity contribution in [2.75, 3.05) is 34.3 Å². The second-order valence-corrected chi connectivity index (χ2v) is 3.39. The summed E-state index contributed by atoms with van der Waals surface area (Å²) in [5.74, 6) is 0.281. The van der Waals surface area contributed by atoms with Crippen molar-refractivity contribution in [3.05, 3.63) is 23.9 Å². The van der Waals surface area contributed by atoms with Crippen molar-refractivity contribution >= 4 is 5.91 Å². The minimum absolute atomic E-state index is 0.0831. The van der Waals surface area contributed by atoms with Crippen molar-refractivity contribution < 1.29 is 9.53 Å². The predicted octanol–water partition coefficient (Wildman–Crippen LogP) is 0.382. The van der Waals surface area contributed by atoms with Gasteiger partial charge in [0.15, 0.2) is 0 Å². The van der Waals surface area contributed by atoms with Gasteiger partial charge < -0.3 is 15.0 Å². The summed E-state index contributed by atoms with van der Waals surface area (Å²) in [6, 6.07) is 3.44. The third-order valence-corrected chi connectivity index (χ3v) is 2.24. The summed E-state index contributed by atoms with van der Waals surface area (Å²) < 4.78 is 5.05. The average Bonchev–Trinajstić information content (AvgIpc) is 2.34. The molecular formula is C11H17N3O2. The Morgan fingerprint density at radius 1 is 1.62 bits per heavy atom. The van der Waals surface area contributed by atoms with Crippen LogP contribution < -0.4 is 10.1 Å². The minimum Gasteiger partial charge on any atom is -0.480 e. The van der Waals surface area contributed by atoms with E-state index in [0.717, 1.165) is 6.54 Å². The fourth-order valence-corrected chi connectivity index (χ4v) is 1.30. The monoisotopic (exact) mass is 223 g/mol. The van der Waals surface area contributed by atoms with E-state index in [2.05, 4.69) is 10.3 Å². The van der Waals surface area contributed by atoms with Gasteiger partial charge in [0, 0.05) is 26.3 Å². The molecule has 0 aliphatic heterocycles. The van der Waals surface area contributed by atoms with Crippen molar-refractivity contribution in [3.63, 3.8) is 0 Å². The van der Waals surface area contributed by atoms with Crippen LogP contribution in [0, 0.1) is 0 Å². The van der Waals surface area contributed by atoms with Crippen LogP contribution in [0.25, 0.3) is 0 Å². The van der Waals surface area contributed by atoms with E-state index in [0.29, 0.717) is 18.0 Å². The van der Waals surface area contributed by atoms with Gasteiger partial charge in [0.2, 0.25) is 5.88 Å². The molecule has 0 aliphatic carbocycles. The fourth-order valence-electron chi connectivity index (χ4n) is 1.30. The van der Waals surface area contributed by atoms with Crippen molar-refractivity contribution in [1.82, 2.24) is 15.2 Å². The van der Waals surface area contributed by atoms with Gasteiger partial charge in [-0.25, -0.2) is 4.98 Å². The highest BCUT2D eigenvalue weighted by atomic mass is 16.5. The third kappa shape index (κ3) is 2.93. The summed E-state index contributed by atoms with van der Waals surface area (Å²) >= 11 is 0. The van der Waals surface area contributed by atoms with E-state index in [1.807, 2.05) is 7.05 Å². The molecule has 1 aromatic rings. The van der Waals surface area contributed by atoms with Gasteiger partial charge in [0.05, 0.1) is 7.11 Å². The fraction of sp³-hybridized carbons (Fsp3) is 0.455. The Labute approximate surface area is 95.4 Å². The van der Waals surface area contributed by atoms with Crippen LogP contribution in [0.5, 0.6) is 5.88 Å². The Balaban J connectivity index is 2.79. The topological polar surface area (TPSA) is 54.5 Å². The summed E-state index contributed by atoms with van der Waals surface area (Å²) in [6.45, 7) is 1.40. The number of carbonyl (C=O) groups excluding carboxylic acids is 1. The molecule has 1 aromatic heterocycles. The lowest BCUT2D eigenvalue weighted by Crippen LogP contribution is -2.33. The lowest BCUT2D eigenvalue weighted by atomic mass is 10.2. The van der Waals surface area contributed by atoms with Crippen LogP contribution in [-0.4, -0.2) is 50.1 Å². The summed E-state index contributed by atoms with van der Waals surface area (Å²) in [7, 11) is 5.11. The Bertz CT molecular complexity index is 355. The molecular weight excluding hydrogens is 206 g/mol. The molecule has 0 atom stereocenters. The van der Waals surface area contributed by atoms with Crippen LogP contribution in [0.2, 0.25) is 0 Å². The molecule has 0 radical (unpaired) electrons. The maximum Gasteiger partial charge on any atom is 0.259 e. The number of nitrogens with one attached hydrogen (secondary N) is 1. The lowest BCUT2D eigenvalue weighted by molar-refractivity contribution is 0.0792. The van der Waals surface area contributed by atoms with Crippen molar-refractivity contribution in [1.29, 1.82) is 0 Å². The normalized spacial score (nSPS) is 9.94. The second kappa shape index (κ2) is 6.07. The Kier molecular flexibility index (Phi) is 4.72. The molecule has 1 rings (SSSR count). The van der Waals surface area contributed by atoms with Crippen molar-refractivity contribution in [2.24, 2.45) is 0 Å². The van der Waals surface area contributed by atoms with E-state index in [1.165, 1.54) is 7.11 Å². The molecule has 0 saturated carbocycles. The third-order valence-electron chi connectivity index (χ3n) is 2.24. The van der Waals surface area contributed by atoms with Crippen molar-refractivity contribution in [3.8, 4) is 5.88 Å². The molecule has 0 spiro atoms. The molecule has 5 heteroatoms. The zero-order chi connectivity index (χ0) is 12.0. The summed E-state index contributed by atoms with van der Waals surface area (Å²) in [5, 5.41) is 2.99. The molecule has 16 heavy (non-hydrogen) atoms. The van der Waals surface area contributed by atoms with Gasteiger partial charge in [0.1, 0.15) is 5.56 Å². The number of nitrogens with zero attached hydrogens (tertiary/aromatic N) is 2. The first-order valence-corrected chi connectivity index (χ1v) is 5.09. The van der Waals surface area contributed by atoms with Crippen LogP contribution in [-0.2, 0) is 0 Å². The molecule has 5 nitrogen and oxygen atoms in total. The first-order valence-electron chi connectivity index (χ1n) is 5.09. The molecule has 0 unspecified atom stereocenters. The van der Waals surface area contributed by atoms with Gasteiger partial charge in [-0.1, -0.05) is 0 Å². The largest absolute Gasteiger partial charge is 0.480 e. The number of methoxy groups -OCH3 is 1. The summed E-state index contributed by atoms with van der Waals surface area (Å²) in [6.07, 6.45) is 1.60. The molecule has 0 saturated heterocycles. The number of pyridine rings is 1. The van der Waals surface area contributed by atoms with Gasteiger partial charge in [0.25, 0.3) is 5.91 Å². The zero-order valence-electron chi connectivity index (χ0n) is 9.86. The highest BCUT2D eigenvalue weighted by Crippen LogP contribution is 2.15. The first-order chi connectivity index (χ1) is 7.70. The van der Waals surface area contributed by atoms with Crippen LogP contribution in [0.3, 0.4) is 0 Å². The standard InChI is InChI=1S/C11H17N3O2/c1-12-7-8-14(2)11(15)9-5-4-6-13-10(9)16-3/h4-6,12H,7-8H2,1-3H3. The number of amides is 1. The predicted molar refractivity (Wildman–Crippen MR) is 61.7 cm³/mol. The average molecular weight is 223 g/mol. The first kappa shape index (κ1) is 12.4. The number of carbonyl (C=O) groups is 1. The van der Waals surface area contributed by atoms with Crippen LogP contribution in [0.15, 0.2) is 18.3 Å². The highest BCUT2D eigenvalue weighted by Gasteiger charge is 2.16. The van der Waals surface area contributed by atoms with E-state index in [4.69, 9.17) is 4.74 Å². The molecule has 88 valence electrons. The highest BCUT2D eigenvalue weighted by molar-refractivity contribution is 5.96. The van der Waals surface area contributed by atoms with Crippen LogP contribution >= 0.6 is 0 Å². The summed E-state index contributed by atoms with van der Waals surface area (Å²) in [5.41, 5.74) is 0.489. The summed E-state index contributed by atoms with van der Waals surface area (Å²) in [4.78, 5) is 17.6. The van der Waals surface area contributed by atoms with Gasteiger partial charge in [-0.15, -0.1) is 0 Å². The Morgan fingerprint density at radius 2 is 2.38 bits per heavy atom. The van der Waals surface area contributed by atoms with Gasteiger partial charge in [-0.05, 0) is 19.2 Å². The molecule has 0 bridgehead atoms. The minimum atomic E-state index is -0.0831. The number of hydrogen-bond acceptors (Lipinski definition) is 4. The number of likely N-dealkylation sites (N-methyl/N-ethyl adjacent to an activating group) is 2. The molecule has 0 aromatic carbocycles. The maximum absolute atomic E-state index is 12.0. The van der Waals surface area contributed by atoms with E-state index in [9.17, 15) is 4.79 Å². The van der Waals surface area contributed by atoms with E-state index in [1.54, 1.807) is 30.3 Å². The van der Waals surface area contributed by atoms with Gasteiger partial charge >= 0.3 is 0 Å². The Hall–Kier alpha value is -1.62. The molecule has 1 amide bonds. The lowest BCUT2D eigenvalue weighted by Gasteiger charge is -2.17. The second-order valence-electron chi connectivity index (χ2n) is 3.39. The van der Waals surface area contributed by atoms with E-state index >= 15 is 0 Å². The molecule has 1 heterocycles. The van der Waals surface area contributed by atoms with Crippen molar-refractivity contribution in [2.45, 2.75) is 0 Å². The van der Waals surface area contributed by atoms with Gasteiger partial charge in [-0.2, -0.15) is 0 Å². The number of rotatable bonds is 5. The number of ether oxygens (including phenoxy) is 1. The van der Waals surface area contributed by atoms with Crippen LogP contribution in [0.1, 0.15) is 10.4 Å². The number of aromatic nitrogens is 1. The quantitative estimate of drug-likeness (QED) is 0.784. The smallest absolute Gasteiger partial charge is 0.259 e. The molecule has 1 N–H and O–H groups in total. The maximum atomic E-state index is 12.0. The zero-order valence-corrected chi connectivity index (χ0v) is 9.86. The molecule has 0 aliphatic rings. The molecule has 0 fully saturated rings. The SMILES string of the molecule is CNCCN(C)C(=O)c1cccnc1OC. The Morgan fingerprint density at radius 3 is 3.00 bits per heavy atom. The van der Waals surface area contributed by atoms with Crippen LogP contribution in [0.4, 0.5) is 0 Å². The van der Waals surface area contributed by atoms with Gasteiger partial charge in [-0.3, -0.25) is 4.79 Å².